The molecule has 0 saturated carbocycles. The first kappa shape index (κ1) is 10.7. The van der Waals surface area contributed by atoms with Gasteiger partial charge in [-0.25, -0.2) is 4.98 Å². The lowest BCUT2D eigenvalue weighted by Gasteiger charge is -2.07. The SMILES string of the molecule is CCc1nc(Oc2ccccc2)ccc1C. The quantitative estimate of drug-likeness (QED) is 0.774. The highest BCUT2D eigenvalue weighted by molar-refractivity contribution is 5.29. The van der Waals surface area contributed by atoms with Gasteiger partial charge in [0.25, 0.3) is 0 Å². The number of ether oxygens (including phenoxy) is 1. The summed E-state index contributed by atoms with van der Waals surface area (Å²) in [6.07, 6.45) is 0.928. The van der Waals surface area contributed by atoms with Gasteiger partial charge in [-0.1, -0.05) is 31.2 Å². The van der Waals surface area contributed by atoms with Crippen molar-refractivity contribution in [2.24, 2.45) is 0 Å². The molecule has 0 radical (unpaired) electrons. The van der Waals surface area contributed by atoms with Crippen molar-refractivity contribution < 1.29 is 4.74 Å². The minimum Gasteiger partial charge on any atom is -0.439 e. The second kappa shape index (κ2) is 4.79. The first-order chi connectivity index (χ1) is 7.79. The molecule has 82 valence electrons. The zero-order valence-corrected chi connectivity index (χ0v) is 9.60. The Kier molecular flexibility index (Phi) is 3.20. The van der Waals surface area contributed by atoms with Crippen LogP contribution in [0.2, 0.25) is 0 Å². The number of nitrogens with zero attached hydrogens (tertiary/aromatic N) is 1. The van der Waals surface area contributed by atoms with E-state index in [1.54, 1.807) is 0 Å². The Labute approximate surface area is 95.9 Å². The highest BCUT2D eigenvalue weighted by Crippen LogP contribution is 2.20. The minimum atomic E-state index is 0.661. The highest BCUT2D eigenvalue weighted by atomic mass is 16.5. The van der Waals surface area contributed by atoms with E-state index >= 15 is 0 Å². The molecule has 16 heavy (non-hydrogen) atoms. The van der Waals surface area contributed by atoms with E-state index in [9.17, 15) is 0 Å². The average Bonchev–Trinajstić information content (AvgIpc) is 2.33. The fourth-order valence-corrected chi connectivity index (χ4v) is 1.57. The molecule has 0 N–H and O–H groups in total. The van der Waals surface area contributed by atoms with Gasteiger partial charge in [0.1, 0.15) is 5.75 Å². The summed E-state index contributed by atoms with van der Waals surface area (Å²) in [6.45, 7) is 4.17. The maximum atomic E-state index is 5.66. The van der Waals surface area contributed by atoms with Crippen LogP contribution in [0.5, 0.6) is 11.6 Å². The van der Waals surface area contributed by atoms with Crippen LogP contribution in [0.15, 0.2) is 42.5 Å². The predicted octanol–water partition coefficient (Wildman–Crippen LogP) is 3.74. The van der Waals surface area contributed by atoms with E-state index in [1.807, 2.05) is 42.5 Å². The highest BCUT2D eigenvalue weighted by Gasteiger charge is 2.02. The zero-order valence-electron chi connectivity index (χ0n) is 9.60. The third-order valence-electron chi connectivity index (χ3n) is 2.48. The van der Waals surface area contributed by atoms with Crippen LogP contribution in [-0.4, -0.2) is 4.98 Å². The van der Waals surface area contributed by atoms with Crippen molar-refractivity contribution in [3.05, 3.63) is 53.7 Å². The monoisotopic (exact) mass is 213 g/mol. The summed E-state index contributed by atoms with van der Waals surface area (Å²) in [6, 6.07) is 13.7. The summed E-state index contributed by atoms with van der Waals surface area (Å²) in [5.74, 6) is 1.48. The number of para-hydroxylation sites is 1. The van der Waals surface area contributed by atoms with Crippen LogP contribution in [0, 0.1) is 6.92 Å². The van der Waals surface area contributed by atoms with Gasteiger partial charge in [0.15, 0.2) is 0 Å². The van der Waals surface area contributed by atoms with Crippen molar-refractivity contribution in [1.82, 2.24) is 4.98 Å². The molecule has 0 aliphatic rings. The summed E-state index contributed by atoms with van der Waals surface area (Å²) >= 11 is 0. The van der Waals surface area contributed by atoms with E-state index in [0.717, 1.165) is 17.9 Å². The van der Waals surface area contributed by atoms with Crippen molar-refractivity contribution in [2.75, 3.05) is 0 Å². The molecule has 1 aromatic heterocycles. The number of rotatable bonds is 3. The van der Waals surface area contributed by atoms with Crippen LogP contribution in [0.4, 0.5) is 0 Å². The van der Waals surface area contributed by atoms with Crippen molar-refractivity contribution in [3.63, 3.8) is 0 Å². The molecule has 1 aromatic carbocycles. The van der Waals surface area contributed by atoms with Crippen LogP contribution in [0.25, 0.3) is 0 Å². The summed E-state index contributed by atoms with van der Waals surface area (Å²) in [7, 11) is 0. The van der Waals surface area contributed by atoms with E-state index in [-0.39, 0.29) is 0 Å². The van der Waals surface area contributed by atoms with Crippen LogP contribution in [-0.2, 0) is 6.42 Å². The van der Waals surface area contributed by atoms with E-state index in [0.29, 0.717) is 5.88 Å². The molecule has 0 aliphatic heterocycles. The molecule has 2 rings (SSSR count). The molecule has 2 nitrogen and oxygen atoms in total. The van der Waals surface area contributed by atoms with E-state index < -0.39 is 0 Å². The number of aromatic nitrogens is 1. The Hall–Kier alpha value is -1.83. The van der Waals surface area contributed by atoms with Gasteiger partial charge < -0.3 is 4.74 Å². The Morgan fingerprint density at radius 2 is 1.81 bits per heavy atom. The number of hydrogen-bond acceptors (Lipinski definition) is 2. The molecule has 0 aliphatic carbocycles. The van der Waals surface area contributed by atoms with Crippen molar-refractivity contribution in [2.45, 2.75) is 20.3 Å². The Morgan fingerprint density at radius 1 is 1.06 bits per heavy atom. The lowest BCUT2D eigenvalue weighted by molar-refractivity contribution is 0.460. The third-order valence-corrected chi connectivity index (χ3v) is 2.48. The van der Waals surface area contributed by atoms with Gasteiger partial charge >= 0.3 is 0 Å². The summed E-state index contributed by atoms with van der Waals surface area (Å²) in [4.78, 5) is 4.46. The molecule has 0 atom stereocenters. The number of hydrogen-bond donors (Lipinski definition) is 0. The lowest BCUT2D eigenvalue weighted by Crippen LogP contribution is -1.95. The molecular weight excluding hydrogens is 198 g/mol. The molecule has 0 amide bonds. The van der Waals surface area contributed by atoms with E-state index in [1.165, 1.54) is 5.56 Å². The standard InChI is InChI=1S/C14H15NO/c1-3-13-11(2)9-10-14(15-13)16-12-7-5-4-6-8-12/h4-10H,3H2,1-2H3. The lowest BCUT2D eigenvalue weighted by atomic mass is 10.2. The number of benzene rings is 1. The first-order valence-electron chi connectivity index (χ1n) is 5.49. The fourth-order valence-electron chi connectivity index (χ4n) is 1.57. The maximum absolute atomic E-state index is 5.66. The van der Waals surface area contributed by atoms with Gasteiger partial charge in [-0.15, -0.1) is 0 Å². The maximum Gasteiger partial charge on any atom is 0.219 e. The van der Waals surface area contributed by atoms with Crippen LogP contribution in [0.3, 0.4) is 0 Å². The van der Waals surface area contributed by atoms with Gasteiger partial charge in [-0.05, 0) is 31.0 Å². The molecule has 0 fully saturated rings. The Bertz CT molecular complexity index is 465. The van der Waals surface area contributed by atoms with Gasteiger partial charge in [0, 0.05) is 11.8 Å². The fraction of sp³-hybridized carbons (Fsp3) is 0.214. The normalized spacial score (nSPS) is 10.1. The Balaban J connectivity index is 2.22. The number of pyridine rings is 1. The third kappa shape index (κ3) is 2.40. The van der Waals surface area contributed by atoms with Crippen molar-refractivity contribution >= 4 is 0 Å². The predicted molar refractivity (Wildman–Crippen MR) is 64.9 cm³/mol. The van der Waals surface area contributed by atoms with Gasteiger partial charge in [-0.2, -0.15) is 0 Å². The van der Waals surface area contributed by atoms with Crippen molar-refractivity contribution in [3.8, 4) is 11.6 Å². The topological polar surface area (TPSA) is 22.1 Å². The molecule has 1 heterocycles. The molecule has 0 bridgehead atoms. The van der Waals surface area contributed by atoms with Crippen molar-refractivity contribution in [1.29, 1.82) is 0 Å². The minimum absolute atomic E-state index is 0.661. The molecule has 0 spiro atoms. The smallest absolute Gasteiger partial charge is 0.219 e. The van der Waals surface area contributed by atoms with E-state index in [4.69, 9.17) is 4.74 Å². The molecule has 2 aromatic rings. The molecular formula is C14H15NO. The average molecular weight is 213 g/mol. The summed E-state index contributed by atoms with van der Waals surface area (Å²) in [5.41, 5.74) is 2.30. The summed E-state index contributed by atoms with van der Waals surface area (Å²) < 4.78 is 5.66. The van der Waals surface area contributed by atoms with E-state index in [2.05, 4.69) is 18.8 Å². The molecule has 2 heteroatoms. The molecule has 0 saturated heterocycles. The first-order valence-corrected chi connectivity index (χ1v) is 5.49. The second-order valence-corrected chi connectivity index (χ2v) is 3.68. The largest absolute Gasteiger partial charge is 0.439 e. The van der Waals surface area contributed by atoms with Crippen LogP contribution < -0.4 is 4.74 Å². The van der Waals surface area contributed by atoms with Crippen LogP contribution >= 0.6 is 0 Å². The Morgan fingerprint density at radius 3 is 2.50 bits per heavy atom. The molecule has 0 unspecified atom stereocenters. The zero-order chi connectivity index (χ0) is 11.4. The summed E-state index contributed by atoms with van der Waals surface area (Å²) in [5, 5.41) is 0. The van der Waals surface area contributed by atoms with Gasteiger partial charge in [-0.3, -0.25) is 0 Å². The van der Waals surface area contributed by atoms with Crippen LogP contribution in [0.1, 0.15) is 18.2 Å². The number of aryl methyl sites for hydroxylation is 2. The van der Waals surface area contributed by atoms with Gasteiger partial charge in [0.2, 0.25) is 5.88 Å². The van der Waals surface area contributed by atoms with Gasteiger partial charge in [0.05, 0.1) is 0 Å². The second-order valence-electron chi connectivity index (χ2n) is 3.68.